The van der Waals surface area contributed by atoms with E-state index in [1.54, 1.807) is 6.07 Å². The van der Waals surface area contributed by atoms with Gasteiger partial charge in [0.25, 0.3) is 0 Å². The van der Waals surface area contributed by atoms with Crippen molar-refractivity contribution >= 4 is 27.5 Å². The molecular weight excluding hydrogens is 330 g/mol. The van der Waals surface area contributed by atoms with Gasteiger partial charge in [-0.3, -0.25) is 0 Å². The molecule has 102 valence electrons. The Morgan fingerprint density at radius 2 is 2.26 bits per heavy atom. The van der Waals surface area contributed by atoms with Crippen LogP contribution >= 0.6 is 27.5 Å². The summed E-state index contributed by atoms with van der Waals surface area (Å²) in [5, 5.41) is 4.63. The predicted molar refractivity (Wildman–Crippen MR) is 79.0 cm³/mol. The molecule has 0 amide bonds. The number of nitrogens with two attached hydrogens (primary N) is 1. The van der Waals surface area contributed by atoms with Crippen LogP contribution in [0.3, 0.4) is 0 Å². The van der Waals surface area contributed by atoms with E-state index < -0.39 is 0 Å². The smallest absolute Gasteiger partial charge is 0.226 e. The Hall–Kier alpha value is -0.910. The highest BCUT2D eigenvalue weighted by molar-refractivity contribution is 9.10. The van der Waals surface area contributed by atoms with Gasteiger partial charge in [0.15, 0.2) is 0 Å². The second-order valence-corrected chi connectivity index (χ2v) is 5.77. The molecule has 1 atom stereocenters. The molecule has 0 spiro atoms. The highest BCUT2D eigenvalue weighted by atomic mass is 79.9. The fourth-order valence-electron chi connectivity index (χ4n) is 1.68. The topological polar surface area (TPSA) is 64.9 Å². The van der Waals surface area contributed by atoms with Crippen molar-refractivity contribution in [2.75, 3.05) is 0 Å². The van der Waals surface area contributed by atoms with Crippen LogP contribution in [0.25, 0.3) is 11.4 Å². The van der Waals surface area contributed by atoms with Gasteiger partial charge in [-0.25, -0.2) is 0 Å². The molecule has 0 saturated heterocycles. The number of aromatic nitrogens is 2. The van der Waals surface area contributed by atoms with Crippen LogP contribution in [-0.2, 0) is 6.42 Å². The number of rotatable bonds is 5. The lowest BCUT2D eigenvalue weighted by Crippen LogP contribution is -2.14. The predicted octanol–water partition coefficient (Wildman–Crippen LogP) is 3.82. The lowest BCUT2D eigenvalue weighted by Gasteiger charge is -2.01. The zero-order valence-corrected chi connectivity index (χ0v) is 12.9. The van der Waals surface area contributed by atoms with Crippen LogP contribution in [0.15, 0.2) is 27.2 Å². The first-order chi connectivity index (χ1) is 9.06. The quantitative estimate of drug-likeness (QED) is 0.895. The number of aryl methyl sites for hydroxylation is 1. The van der Waals surface area contributed by atoms with Gasteiger partial charge in [-0.15, -0.1) is 0 Å². The molecule has 19 heavy (non-hydrogen) atoms. The number of nitrogens with zero attached hydrogens (tertiary/aromatic N) is 2. The maximum absolute atomic E-state index is 5.95. The van der Waals surface area contributed by atoms with Crippen molar-refractivity contribution in [1.29, 1.82) is 0 Å². The molecule has 2 N–H and O–H groups in total. The number of benzene rings is 1. The molecule has 0 aliphatic carbocycles. The van der Waals surface area contributed by atoms with Crippen LogP contribution in [0.1, 0.15) is 25.7 Å². The Balaban J connectivity index is 2.05. The molecule has 1 aromatic carbocycles. The Labute approximate surface area is 125 Å². The summed E-state index contributed by atoms with van der Waals surface area (Å²) >= 11 is 9.32. The van der Waals surface area contributed by atoms with Gasteiger partial charge in [0.05, 0.1) is 5.02 Å². The average molecular weight is 345 g/mol. The second-order valence-electron chi connectivity index (χ2n) is 4.51. The Bertz CT molecular complexity index is 557. The molecule has 1 heterocycles. The highest BCUT2D eigenvalue weighted by Gasteiger charge is 2.10. The van der Waals surface area contributed by atoms with Crippen LogP contribution in [-0.4, -0.2) is 16.2 Å². The maximum atomic E-state index is 5.95. The third-order valence-electron chi connectivity index (χ3n) is 2.70. The summed E-state index contributed by atoms with van der Waals surface area (Å²) in [5.74, 6) is 1.22. The first-order valence-corrected chi connectivity index (χ1v) is 7.27. The molecule has 0 radical (unpaired) electrons. The van der Waals surface area contributed by atoms with Crippen molar-refractivity contribution < 1.29 is 4.52 Å². The van der Waals surface area contributed by atoms with Gasteiger partial charge in [-0.1, -0.05) is 16.8 Å². The Morgan fingerprint density at radius 3 is 2.95 bits per heavy atom. The normalized spacial score (nSPS) is 12.6. The fraction of sp³-hybridized carbons (Fsp3) is 0.385. The standard InChI is InChI=1S/C13H15BrClN3O/c1-8(16)3-2-4-12-17-13(18-19-12)9-5-6-11(15)10(14)7-9/h5-8H,2-4,16H2,1H3. The molecule has 2 rings (SSSR count). The van der Waals surface area contributed by atoms with Crippen LogP contribution in [0, 0.1) is 0 Å². The first-order valence-electron chi connectivity index (χ1n) is 6.10. The maximum Gasteiger partial charge on any atom is 0.226 e. The molecule has 0 saturated carbocycles. The van der Waals surface area contributed by atoms with E-state index in [0.717, 1.165) is 29.3 Å². The minimum atomic E-state index is 0.203. The molecule has 0 aliphatic heterocycles. The van der Waals surface area contributed by atoms with E-state index in [2.05, 4.69) is 26.1 Å². The largest absolute Gasteiger partial charge is 0.339 e. The van der Waals surface area contributed by atoms with Gasteiger partial charge >= 0.3 is 0 Å². The van der Waals surface area contributed by atoms with E-state index in [0.29, 0.717) is 16.7 Å². The minimum absolute atomic E-state index is 0.203. The van der Waals surface area contributed by atoms with Crippen molar-refractivity contribution in [2.24, 2.45) is 5.73 Å². The van der Waals surface area contributed by atoms with Crippen LogP contribution < -0.4 is 5.73 Å². The van der Waals surface area contributed by atoms with E-state index in [1.165, 1.54) is 0 Å². The Morgan fingerprint density at radius 1 is 1.47 bits per heavy atom. The van der Waals surface area contributed by atoms with Gasteiger partial charge in [0, 0.05) is 22.5 Å². The fourth-order valence-corrected chi connectivity index (χ4v) is 2.18. The summed E-state index contributed by atoms with van der Waals surface area (Å²) in [6.45, 7) is 1.99. The molecule has 6 heteroatoms. The zero-order chi connectivity index (χ0) is 13.8. The zero-order valence-electron chi connectivity index (χ0n) is 10.6. The van der Waals surface area contributed by atoms with Gasteiger partial charge in [0.2, 0.25) is 11.7 Å². The van der Waals surface area contributed by atoms with Crippen molar-refractivity contribution in [1.82, 2.24) is 10.1 Å². The third-order valence-corrected chi connectivity index (χ3v) is 3.91. The van der Waals surface area contributed by atoms with Crippen LogP contribution in [0.4, 0.5) is 0 Å². The number of hydrogen-bond donors (Lipinski definition) is 1. The monoisotopic (exact) mass is 343 g/mol. The average Bonchev–Trinajstić information content (AvgIpc) is 2.81. The van der Waals surface area contributed by atoms with E-state index in [1.807, 2.05) is 19.1 Å². The molecule has 1 unspecified atom stereocenters. The second kappa shape index (κ2) is 6.50. The SMILES string of the molecule is CC(N)CCCc1nc(-c2ccc(Cl)c(Br)c2)no1. The summed E-state index contributed by atoms with van der Waals surface area (Å²) in [6, 6.07) is 5.74. The molecule has 0 bridgehead atoms. The number of hydrogen-bond acceptors (Lipinski definition) is 4. The van der Waals surface area contributed by atoms with Crippen LogP contribution in [0.5, 0.6) is 0 Å². The summed E-state index contributed by atoms with van der Waals surface area (Å²) in [5.41, 5.74) is 6.57. The molecule has 0 aliphatic rings. The first kappa shape index (κ1) is 14.5. The summed E-state index contributed by atoms with van der Waals surface area (Å²) in [7, 11) is 0. The van der Waals surface area contributed by atoms with E-state index >= 15 is 0 Å². The van der Waals surface area contributed by atoms with Crippen molar-refractivity contribution in [3.05, 3.63) is 33.6 Å². The van der Waals surface area contributed by atoms with E-state index in [9.17, 15) is 0 Å². The lowest BCUT2D eigenvalue weighted by atomic mass is 10.1. The summed E-state index contributed by atoms with van der Waals surface area (Å²) in [4.78, 5) is 4.37. The minimum Gasteiger partial charge on any atom is -0.339 e. The molecule has 4 nitrogen and oxygen atoms in total. The highest BCUT2D eigenvalue weighted by Crippen LogP contribution is 2.27. The van der Waals surface area contributed by atoms with Crippen molar-refractivity contribution in [2.45, 2.75) is 32.2 Å². The van der Waals surface area contributed by atoms with Gasteiger partial charge in [-0.05, 0) is 53.9 Å². The van der Waals surface area contributed by atoms with Gasteiger partial charge in [0.1, 0.15) is 0 Å². The summed E-state index contributed by atoms with van der Waals surface area (Å²) in [6.07, 6.45) is 2.65. The lowest BCUT2D eigenvalue weighted by molar-refractivity contribution is 0.373. The van der Waals surface area contributed by atoms with Crippen molar-refractivity contribution in [3.63, 3.8) is 0 Å². The summed E-state index contributed by atoms with van der Waals surface area (Å²) < 4.78 is 6.04. The molecule has 2 aromatic rings. The Kier molecular flexibility index (Phi) is 4.96. The third kappa shape index (κ3) is 4.03. The van der Waals surface area contributed by atoms with E-state index in [4.69, 9.17) is 21.9 Å². The molecular formula is C13H15BrClN3O. The number of halogens is 2. The van der Waals surface area contributed by atoms with Gasteiger partial charge in [-0.2, -0.15) is 4.98 Å². The van der Waals surface area contributed by atoms with Crippen molar-refractivity contribution in [3.8, 4) is 11.4 Å². The molecule has 1 aromatic heterocycles. The van der Waals surface area contributed by atoms with Gasteiger partial charge < -0.3 is 10.3 Å². The van der Waals surface area contributed by atoms with Crippen LogP contribution in [0.2, 0.25) is 5.02 Å². The van der Waals surface area contributed by atoms with E-state index in [-0.39, 0.29) is 6.04 Å². The molecule has 0 fully saturated rings.